The highest BCUT2D eigenvalue weighted by atomic mass is 14.9. The van der Waals surface area contributed by atoms with Gasteiger partial charge in [0.15, 0.2) is 0 Å². The van der Waals surface area contributed by atoms with E-state index in [0.717, 1.165) is 24.9 Å². The smallest absolute Gasteiger partial charge is 0.0271 e. The standard InChI is InChI=1S/C24H30N2/c1-2-4-22(5-3-1)24-15-20-12-21(16-24)14-23(13-20,18-24)8-11-26-17-19-6-9-25-10-7-19/h1-7,9-10,20-21,26H,8,11-18H2. The van der Waals surface area contributed by atoms with E-state index >= 15 is 0 Å². The summed E-state index contributed by atoms with van der Waals surface area (Å²) in [6.45, 7) is 2.11. The molecule has 1 aromatic heterocycles. The van der Waals surface area contributed by atoms with Gasteiger partial charge in [0, 0.05) is 18.9 Å². The molecule has 6 rings (SSSR count). The SMILES string of the molecule is c1ccc(C23CC4CC(CC(CCNCc5ccncc5)(C4)C2)C3)cc1. The molecule has 26 heavy (non-hydrogen) atoms. The van der Waals surface area contributed by atoms with Gasteiger partial charge in [-0.25, -0.2) is 0 Å². The Morgan fingerprint density at radius 1 is 0.923 bits per heavy atom. The van der Waals surface area contributed by atoms with Crippen LogP contribution in [-0.2, 0) is 12.0 Å². The highest BCUT2D eigenvalue weighted by molar-refractivity contribution is 5.30. The zero-order chi connectivity index (χ0) is 17.5. The van der Waals surface area contributed by atoms with Crippen LogP contribution in [-0.4, -0.2) is 11.5 Å². The Kier molecular flexibility index (Phi) is 4.12. The largest absolute Gasteiger partial charge is 0.313 e. The highest BCUT2D eigenvalue weighted by Crippen LogP contribution is 2.66. The average Bonchev–Trinajstić information content (AvgIpc) is 2.66. The van der Waals surface area contributed by atoms with Gasteiger partial charge in [-0.3, -0.25) is 4.98 Å². The first kappa shape index (κ1) is 16.5. The molecular formula is C24H30N2. The van der Waals surface area contributed by atoms with Crippen molar-refractivity contribution in [1.29, 1.82) is 0 Å². The summed E-state index contributed by atoms with van der Waals surface area (Å²) < 4.78 is 0. The van der Waals surface area contributed by atoms with Gasteiger partial charge in [0.1, 0.15) is 0 Å². The minimum atomic E-state index is 0.483. The minimum Gasteiger partial charge on any atom is -0.313 e. The van der Waals surface area contributed by atoms with Gasteiger partial charge >= 0.3 is 0 Å². The fourth-order valence-corrected chi connectivity index (χ4v) is 6.96. The van der Waals surface area contributed by atoms with Gasteiger partial charge in [-0.1, -0.05) is 30.3 Å². The van der Waals surface area contributed by atoms with Crippen LogP contribution in [0.25, 0.3) is 0 Å². The van der Waals surface area contributed by atoms with Gasteiger partial charge in [-0.05, 0) is 97.4 Å². The molecule has 4 saturated carbocycles. The van der Waals surface area contributed by atoms with Crippen molar-refractivity contribution in [3.05, 3.63) is 66.0 Å². The van der Waals surface area contributed by atoms with Crippen molar-refractivity contribution in [3.8, 4) is 0 Å². The van der Waals surface area contributed by atoms with Crippen LogP contribution in [0.3, 0.4) is 0 Å². The van der Waals surface area contributed by atoms with Crippen LogP contribution < -0.4 is 5.32 Å². The molecule has 0 amide bonds. The maximum atomic E-state index is 4.11. The first-order valence-corrected chi connectivity index (χ1v) is 10.4. The number of rotatable bonds is 6. The molecule has 0 saturated heterocycles. The normalized spacial score (nSPS) is 34.9. The fraction of sp³-hybridized carbons (Fsp3) is 0.542. The monoisotopic (exact) mass is 346 g/mol. The van der Waals surface area contributed by atoms with Crippen LogP contribution in [0.1, 0.15) is 56.1 Å². The van der Waals surface area contributed by atoms with Gasteiger partial charge < -0.3 is 5.32 Å². The molecule has 0 spiro atoms. The number of benzene rings is 1. The number of hydrogen-bond acceptors (Lipinski definition) is 2. The lowest BCUT2D eigenvalue weighted by Gasteiger charge is -2.63. The molecule has 4 bridgehead atoms. The minimum absolute atomic E-state index is 0.483. The molecule has 2 nitrogen and oxygen atoms in total. The van der Waals surface area contributed by atoms with E-state index < -0.39 is 0 Å². The molecule has 4 fully saturated rings. The number of aromatic nitrogens is 1. The molecule has 2 heteroatoms. The maximum absolute atomic E-state index is 4.11. The summed E-state index contributed by atoms with van der Waals surface area (Å²) in [5.41, 5.74) is 4.04. The molecular weight excluding hydrogens is 316 g/mol. The number of nitrogens with zero attached hydrogens (tertiary/aromatic N) is 1. The second kappa shape index (κ2) is 6.49. The Labute approximate surface area is 157 Å². The third-order valence-electron chi connectivity index (χ3n) is 7.48. The van der Waals surface area contributed by atoms with E-state index in [1.54, 1.807) is 5.56 Å². The summed E-state index contributed by atoms with van der Waals surface area (Å²) in [6.07, 6.45) is 13.9. The van der Waals surface area contributed by atoms with Crippen LogP contribution >= 0.6 is 0 Å². The number of pyridine rings is 1. The number of hydrogen-bond donors (Lipinski definition) is 1. The zero-order valence-corrected chi connectivity index (χ0v) is 15.7. The van der Waals surface area contributed by atoms with Crippen LogP contribution in [0.5, 0.6) is 0 Å². The average molecular weight is 347 g/mol. The molecule has 4 aliphatic carbocycles. The maximum Gasteiger partial charge on any atom is 0.0271 e. The molecule has 2 unspecified atom stereocenters. The summed E-state index contributed by atoms with van der Waals surface area (Å²) >= 11 is 0. The predicted molar refractivity (Wildman–Crippen MR) is 106 cm³/mol. The lowest BCUT2D eigenvalue weighted by Crippen LogP contribution is -2.54. The van der Waals surface area contributed by atoms with E-state index in [2.05, 4.69) is 52.8 Å². The quantitative estimate of drug-likeness (QED) is 0.736. The summed E-state index contributed by atoms with van der Waals surface area (Å²) in [5.74, 6) is 1.94. The second-order valence-electron chi connectivity index (χ2n) is 9.39. The Morgan fingerprint density at radius 2 is 1.65 bits per heavy atom. The van der Waals surface area contributed by atoms with Crippen LogP contribution in [0.4, 0.5) is 0 Å². The lowest BCUT2D eigenvalue weighted by atomic mass is 9.42. The molecule has 1 aromatic carbocycles. The van der Waals surface area contributed by atoms with E-state index in [-0.39, 0.29) is 0 Å². The van der Waals surface area contributed by atoms with Gasteiger partial charge in [-0.15, -0.1) is 0 Å². The molecule has 136 valence electrons. The van der Waals surface area contributed by atoms with Crippen LogP contribution in [0.15, 0.2) is 54.9 Å². The Balaban J connectivity index is 1.28. The molecule has 2 atom stereocenters. The molecule has 0 radical (unpaired) electrons. The molecule has 1 heterocycles. The zero-order valence-electron chi connectivity index (χ0n) is 15.7. The van der Waals surface area contributed by atoms with E-state index in [4.69, 9.17) is 0 Å². The Hall–Kier alpha value is -1.67. The predicted octanol–water partition coefficient (Wildman–Crippen LogP) is 5.10. The topological polar surface area (TPSA) is 24.9 Å². The fourth-order valence-electron chi connectivity index (χ4n) is 6.96. The summed E-state index contributed by atoms with van der Waals surface area (Å²) in [7, 11) is 0. The molecule has 0 aliphatic heterocycles. The van der Waals surface area contributed by atoms with E-state index in [1.165, 1.54) is 50.5 Å². The van der Waals surface area contributed by atoms with Crippen LogP contribution in [0, 0.1) is 17.3 Å². The van der Waals surface area contributed by atoms with Gasteiger partial charge in [-0.2, -0.15) is 0 Å². The first-order chi connectivity index (χ1) is 12.8. The van der Waals surface area contributed by atoms with Crippen molar-refractivity contribution < 1.29 is 0 Å². The highest BCUT2D eigenvalue weighted by Gasteiger charge is 2.57. The van der Waals surface area contributed by atoms with Gasteiger partial charge in [0.2, 0.25) is 0 Å². The van der Waals surface area contributed by atoms with E-state index in [1.807, 2.05) is 12.4 Å². The third kappa shape index (κ3) is 2.99. The van der Waals surface area contributed by atoms with Gasteiger partial charge in [0.05, 0.1) is 0 Å². The van der Waals surface area contributed by atoms with Crippen LogP contribution in [0.2, 0.25) is 0 Å². The van der Waals surface area contributed by atoms with Crippen molar-refractivity contribution in [3.63, 3.8) is 0 Å². The van der Waals surface area contributed by atoms with Crippen molar-refractivity contribution in [2.45, 2.75) is 56.9 Å². The molecule has 1 N–H and O–H groups in total. The Morgan fingerprint density at radius 3 is 2.38 bits per heavy atom. The lowest BCUT2D eigenvalue weighted by molar-refractivity contribution is -0.0757. The summed E-state index contributed by atoms with van der Waals surface area (Å²) in [4.78, 5) is 4.11. The van der Waals surface area contributed by atoms with E-state index in [9.17, 15) is 0 Å². The summed E-state index contributed by atoms with van der Waals surface area (Å²) in [6, 6.07) is 15.7. The van der Waals surface area contributed by atoms with Crippen molar-refractivity contribution in [1.82, 2.24) is 10.3 Å². The first-order valence-electron chi connectivity index (χ1n) is 10.4. The van der Waals surface area contributed by atoms with Crippen molar-refractivity contribution in [2.75, 3.05) is 6.54 Å². The van der Waals surface area contributed by atoms with Crippen molar-refractivity contribution >= 4 is 0 Å². The summed E-state index contributed by atoms with van der Waals surface area (Å²) in [5, 5.41) is 3.70. The third-order valence-corrected chi connectivity index (χ3v) is 7.48. The molecule has 2 aromatic rings. The Bertz CT molecular complexity index is 725. The van der Waals surface area contributed by atoms with Gasteiger partial charge in [0.25, 0.3) is 0 Å². The van der Waals surface area contributed by atoms with E-state index in [0.29, 0.717) is 10.8 Å². The second-order valence-corrected chi connectivity index (χ2v) is 9.39. The van der Waals surface area contributed by atoms with Crippen molar-refractivity contribution in [2.24, 2.45) is 17.3 Å². The number of nitrogens with one attached hydrogen (secondary N) is 1. The molecule has 4 aliphatic rings.